The Labute approximate surface area is 638 Å². The predicted molar refractivity (Wildman–Crippen MR) is 415 cm³/mol. The molecule has 2 aliphatic carbocycles. The number of nitrogens with one attached hydrogen (secondary N) is 5. The van der Waals surface area contributed by atoms with Gasteiger partial charge in [-0.2, -0.15) is 46.7 Å². The fourth-order valence-corrected chi connectivity index (χ4v) is 14.4. The molecule has 0 unspecified atom stereocenters. The number of hydrogen-bond donors (Lipinski definition) is 5. The fourth-order valence-electron chi connectivity index (χ4n) is 14.4. The van der Waals surface area contributed by atoms with E-state index in [-0.39, 0.29) is 23.2 Å². The average molecular weight is 1520 g/mol. The summed E-state index contributed by atoms with van der Waals surface area (Å²) in [5.74, 6) is -1.06. The van der Waals surface area contributed by atoms with E-state index in [1.165, 1.54) is 27.8 Å². The number of nitrogens with zero attached hydrogens (tertiary/aromatic N) is 13. The number of hydrogen-bond acceptors (Lipinski definition) is 13. The zero-order valence-corrected chi connectivity index (χ0v) is 63.6. The maximum atomic E-state index is 13.1. The third kappa shape index (κ3) is 21.2. The monoisotopic (exact) mass is 1510 g/mol. The molecule has 5 aliphatic rings. The maximum absolute atomic E-state index is 13.1. The maximum Gasteiger partial charge on any atom is 0.432 e. The number of aliphatic imine (C=N–C) groups is 1. The summed E-state index contributed by atoms with van der Waals surface area (Å²) in [5, 5.41) is 26.2. The van der Waals surface area contributed by atoms with Crippen LogP contribution in [0.2, 0.25) is 0 Å². The summed E-state index contributed by atoms with van der Waals surface area (Å²) in [5.41, 5.74) is 12.6. The van der Waals surface area contributed by atoms with Crippen molar-refractivity contribution in [3.05, 3.63) is 217 Å². The van der Waals surface area contributed by atoms with Crippen LogP contribution in [0.3, 0.4) is 0 Å². The number of amides is 4. The molecule has 0 atom stereocenters. The molecule has 28 heteroatoms. The Hall–Kier alpha value is -10.3. The van der Waals surface area contributed by atoms with E-state index in [1.807, 2.05) is 94.8 Å². The van der Waals surface area contributed by atoms with E-state index in [0.29, 0.717) is 76.8 Å². The summed E-state index contributed by atoms with van der Waals surface area (Å²) in [6.45, 7) is 27.4. The highest BCUT2D eigenvalue weighted by Crippen LogP contribution is 2.33. The van der Waals surface area contributed by atoms with Crippen LogP contribution < -0.4 is 0 Å². The zero-order valence-electron chi connectivity index (χ0n) is 63.6. The van der Waals surface area contributed by atoms with E-state index >= 15 is 0 Å². The van der Waals surface area contributed by atoms with Crippen molar-refractivity contribution in [3.8, 4) is 0 Å². The lowest BCUT2D eigenvalue weighted by atomic mass is 10.0. The number of likely N-dealkylation sites (N-methyl/N-ethyl adjacent to an activating group) is 2. The Morgan fingerprint density at radius 2 is 0.836 bits per heavy atom. The summed E-state index contributed by atoms with van der Waals surface area (Å²) in [7, 11) is 0. The molecule has 4 amide bonds. The number of rotatable bonds is 28. The van der Waals surface area contributed by atoms with Crippen molar-refractivity contribution in [2.24, 2.45) is 4.99 Å². The second-order valence-electron chi connectivity index (χ2n) is 28.3. The molecular weight excluding hydrogens is 1420 g/mol. The number of aromatic amines is 5. The number of H-pyrrole nitrogens is 5. The van der Waals surface area contributed by atoms with Crippen LogP contribution in [0, 0.1) is 13.8 Å². The third-order valence-electron chi connectivity index (χ3n) is 20.8. The molecule has 9 aromatic rings. The number of para-hydroxylation sites is 2. The largest absolute Gasteiger partial charge is 0.432 e. The zero-order chi connectivity index (χ0) is 77.9. The second kappa shape index (κ2) is 37.9. The van der Waals surface area contributed by atoms with Gasteiger partial charge in [0.05, 0.1) is 11.2 Å². The smallest absolute Gasteiger partial charge is 0.361 e. The van der Waals surface area contributed by atoms with Crippen molar-refractivity contribution in [2.75, 3.05) is 105 Å². The molecule has 2 saturated heterocycles. The van der Waals surface area contributed by atoms with E-state index in [0.717, 1.165) is 173 Å². The van der Waals surface area contributed by atoms with Crippen LogP contribution in [0.15, 0.2) is 126 Å². The molecule has 584 valence electrons. The Balaban J connectivity index is 0.000000146. The lowest BCUT2D eigenvalue weighted by Crippen LogP contribution is -2.38. The lowest BCUT2D eigenvalue weighted by molar-refractivity contribution is -0.142. The van der Waals surface area contributed by atoms with Gasteiger partial charge in [-0.15, -0.1) is 0 Å². The van der Waals surface area contributed by atoms with Gasteiger partial charge in [0, 0.05) is 121 Å². The van der Waals surface area contributed by atoms with Gasteiger partial charge in [-0.05, 0) is 178 Å². The van der Waals surface area contributed by atoms with Gasteiger partial charge in [0.1, 0.15) is 22.8 Å². The van der Waals surface area contributed by atoms with E-state index < -0.39 is 35.6 Å². The number of carbonyl (C=O) groups is 4. The minimum atomic E-state index is -4.57. The van der Waals surface area contributed by atoms with Gasteiger partial charge in [0.15, 0.2) is 11.4 Å². The molecule has 5 N–H and O–H groups in total. The van der Waals surface area contributed by atoms with Crippen LogP contribution >= 0.6 is 0 Å². The Bertz CT molecular complexity index is 4510. The van der Waals surface area contributed by atoms with Gasteiger partial charge in [0.2, 0.25) is 0 Å². The highest BCUT2D eigenvalue weighted by Gasteiger charge is 2.37. The topological polar surface area (TPSA) is 237 Å². The molecule has 3 aliphatic heterocycles. The van der Waals surface area contributed by atoms with Gasteiger partial charge in [-0.25, -0.2) is 0 Å². The standard InChI is InChI=1S/C21H23F3N4O.C21H28N4O.C20H22F3N5O.C20H27N5O/c22-21(23,24)19-13-18(25-26-19)20(29)28(12-11-27-9-1-2-10-27)14-16-7-3-5-15-6-4-8-17(15)16;1-4-24(5-2)12-13-25(21(26)20-14-16(3)22-23-20)15-18-10-6-8-17-9-7-11-19(17)18;21-20(22,23)17-12-16(25-26-17)19(29)28(11-10-27-8-1-2-9-27)13-15-5-3-4-14-6-7-24-18(14)15;1-4-24(5-2)11-12-25(20(26)18-13-15(3)22-23-18)14-17-8-6-7-16-9-10-21-19(16)17/h3-5,7-8,13H,1-2,6,9-12,14H2,(H,25,26);6-8,10-11,14H,4-5,9,12-13,15H2,1-3H3,(H,22,23);3-7,12,24H,1-2,8-11,13H2,(H,25,26);6-8,10,13H,4-5,9,11-12,14H2,1-3H3,(H,22,23). The van der Waals surface area contributed by atoms with Crippen LogP contribution in [0.4, 0.5) is 32.0 Å². The van der Waals surface area contributed by atoms with Gasteiger partial charge >= 0.3 is 12.4 Å². The molecule has 110 heavy (non-hydrogen) atoms. The van der Waals surface area contributed by atoms with Crippen molar-refractivity contribution < 1.29 is 45.5 Å². The van der Waals surface area contributed by atoms with E-state index in [4.69, 9.17) is 0 Å². The number of benzene rings is 4. The molecule has 0 saturated carbocycles. The van der Waals surface area contributed by atoms with E-state index in [9.17, 15) is 45.5 Å². The highest BCUT2D eigenvalue weighted by molar-refractivity contribution is 5.95. The summed E-state index contributed by atoms with van der Waals surface area (Å²) < 4.78 is 77.4. The van der Waals surface area contributed by atoms with Gasteiger partial charge in [-0.3, -0.25) is 44.6 Å². The number of alkyl halides is 6. The molecule has 5 aromatic heterocycles. The normalized spacial score (nSPS) is 14.3. The molecule has 4 aromatic carbocycles. The quantitative estimate of drug-likeness (QED) is 0.0288. The number of halogens is 6. The molecule has 0 radical (unpaired) electrons. The second-order valence-corrected chi connectivity index (χ2v) is 28.3. The molecule has 14 rings (SSSR count). The van der Waals surface area contributed by atoms with Crippen molar-refractivity contribution in [1.29, 1.82) is 0 Å². The molecule has 0 bridgehead atoms. The molecular formula is C82H100F6N18O4. The SMILES string of the molecule is CCN(CC)CCN(Cc1cccc2c1C=CC2)C(=O)c1cc(C)[nH]n1.CCN(CC)CCN(Cc1cccc2c1N=CC2)C(=O)c1cc(C)[nH]n1.O=C(c1cc(C(F)(F)F)[nH]n1)N(CCN1CCCC1)Cc1cccc2c1C=CC2.O=C(c1cc(C(F)(F)F)[nH]n1)N(CCN1CCCC1)Cc1cccc2cc[nH]c12. The summed E-state index contributed by atoms with van der Waals surface area (Å²) in [4.78, 5) is 76.0. The van der Waals surface area contributed by atoms with Crippen molar-refractivity contribution in [1.82, 2.24) is 85.0 Å². The Morgan fingerprint density at radius 3 is 1.26 bits per heavy atom. The Kier molecular flexibility index (Phi) is 27.8. The highest BCUT2D eigenvalue weighted by atomic mass is 19.4. The fraction of sp³-hybridized carbons (Fsp3) is 0.427. The number of likely N-dealkylation sites (tertiary alicyclic amines) is 2. The number of carbonyl (C=O) groups excluding carboxylic acids is 4. The first-order valence-electron chi connectivity index (χ1n) is 38.2. The van der Waals surface area contributed by atoms with Crippen LogP contribution in [0.5, 0.6) is 0 Å². The lowest BCUT2D eigenvalue weighted by Gasteiger charge is -2.26. The molecule has 0 spiro atoms. The van der Waals surface area contributed by atoms with Crippen molar-refractivity contribution in [3.63, 3.8) is 0 Å². The molecule has 2 fully saturated rings. The summed E-state index contributed by atoms with van der Waals surface area (Å²) in [6, 6.07) is 31.5. The first-order valence-corrected chi connectivity index (χ1v) is 38.2. The minimum absolute atomic E-state index is 0.0129. The van der Waals surface area contributed by atoms with E-state index in [2.05, 4.69) is 149 Å². The average Bonchev–Trinajstić information content (AvgIpc) is 1.62. The third-order valence-corrected chi connectivity index (χ3v) is 20.8. The Morgan fingerprint density at radius 1 is 0.445 bits per heavy atom. The first kappa shape index (κ1) is 80.7. The van der Waals surface area contributed by atoms with Gasteiger partial charge in [0.25, 0.3) is 23.6 Å². The van der Waals surface area contributed by atoms with Crippen molar-refractivity contribution in [2.45, 2.75) is 125 Å². The van der Waals surface area contributed by atoms with Crippen LogP contribution in [-0.2, 0) is 57.8 Å². The van der Waals surface area contributed by atoms with Crippen LogP contribution in [-0.4, -0.2) is 220 Å². The van der Waals surface area contributed by atoms with E-state index in [1.54, 1.807) is 15.9 Å². The predicted octanol–water partition coefficient (Wildman–Crippen LogP) is 13.6. The first-order chi connectivity index (χ1) is 53.1. The summed E-state index contributed by atoms with van der Waals surface area (Å²) >= 11 is 0. The number of fused-ring (bicyclic) bond motifs is 4. The van der Waals surface area contributed by atoms with Crippen molar-refractivity contribution >= 4 is 58.6 Å². The summed E-state index contributed by atoms with van der Waals surface area (Å²) in [6.07, 6.45) is 10.4. The minimum Gasteiger partial charge on any atom is -0.361 e. The molecule has 22 nitrogen and oxygen atoms in total. The van der Waals surface area contributed by atoms with Crippen LogP contribution in [0.25, 0.3) is 23.1 Å². The number of aromatic nitrogens is 9. The molecule has 8 heterocycles. The number of allylic oxidation sites excluding steroid dienone is 2. The van der Waals surface area contributed by atoms with Crippen LogP contribution in [0.1, 0.15) is 168 Å². The van der Waals surface area contributed by atoms with Gasteiger partial charge in [-0.1, -0.05) is 125 Å². The van der Waals surface area contributed by atoms with Gasteiger partial charge < -0.3 is 44.2 Å². The number of aryl methyl sites for hydroxylation is 2.